The van der Waals surface area contributed by atoms with E-state index in [0.717, 1.165) is 0 Å². The van der Waals surface area contributed by atoms with E-state index in [1.807, 2.05) is 0 Å². The topological polar surface area (TPSA) is 87.9 Å². The summed E-state index contributed by atoms with van der Waals surface area (Å²) in [6, 6.07) is 9.28. The molecule has 0 unspecified atom stereocenters. The maximum atomic E-state index is 12.3. The van der Waals surface area contributed by atoms with Crippen LogP contribution in [0, 0.1) is 10.1 Å². The van der Waals surface area contributed by atoms with Crippen LogP contribution in [0.4, 0.5) is 5.69 Å². The van der Waals surface area contributed by atoms with E-state index in [4.69, 9.17) is 14.2 Å². The summed E-state index contributed by atoms with van der Waals surface area (Å²) in [7, 11) is 4.35. The van der Waals surface area contributed by atoms with E-state index in [-0.39, 0.29) is 17.2 Å². The Balaban J connectivity index is 2.26. The molecule has 7 heteroatoms. The van der Waals surface area contributed by atoms with Crippen LogP contribution in [0.1, 0.15) is 15.9 Å². The minimum Gasteiger partial charge on any atom is -0.493 e. The molecule has 0 amide bonds. The molecule has 25 heavy (non-hydrogen) atoms. The van der Waals surface area contributed by atoms with E-state index in [2.05, 4.69) is 0 Å². The van der Waals surface area contributed by atoms with Gasteiger partial charge < -0.3 is 14.2 Å². The predicted octanol–water partition coefficient (Wildman–Crippen LogP) is 3.52. The Morgan fingerprint density at radius 3 is 2.20 bits per heavy atom. The number of allylic oxidation sites excluding steroid dienone is 1. The lowest BCUT2D eigenvalue weighted by atomic mass is 10.1. The Bertz CT molecular complexity index is 828. The number of ether oxygens (including phenoxy) is 3. The summed E-state index contributed by atoms with van der Waals surface area (Å²) in [6.07, 6.45) is 2.85. The molecule has 0 heterocycles. The molecule has 0 fully saturated rings. The SMILES string of the molecule is COc1ccc(C(=O)C=Cc2ccc(OC)c([N+](=O)[O-])c2)cc1OC. The Morgan fingerprint density at radius 1 is 0.960 bits per heavy atom. The Hall–Kier alpha value is -3.35. The van der Waals surface area contributed by atoms with Gasteiger partial charge in [0, 0.05) is 11.6 Å². The molecule has 0 aromatic heterocycles. The summed E-state index contributed by atoms with van der Waals surface area (Å²) in [5, 5.41) is 11.0. The van der Waals surface area contributed by atoms with Crippen LogP contribution in [0.2, 0.25) is 0 Å². The average molecular weight is 343 g/mol. The van der Waals surface area contributed by atoms with Gasteiger partial charge in [0.25, 0.3) is 0 Å². The molecule has 0 aliphatic rings. The first-order valence-corrected chi connectivity index (χ1v) is 7.27. The van der Waals surface area contributed by atoms with Gasteiger partial charge in [0.1, 0.15) is 0 Å². The van der Waals surface area contributed by atoms with Crippen LogP contribution in [0.15, 0.2) is 42.5 Å². The predicted molar refractivity (Wildman–Crippen MR) is 92.6 cm³/mol. The molecule has 0 atom stereocenters. The first-order chi connectivity index (χ1) is 12.0. The fraction of sp³-hybridized carbons (Fsp3) is 0.167. The van der Waals surface area contributed by atoms with Crippen molar-refractivity contribution >= 4 is 17.5 Å². The van der Waals surface area contributed by atoms with Gasteiger partial charge in [-0.3, -0.25) is 14.9 Å². The Morgan fingerprint density at radius 2 is 1.60 bits per heavy atom. The molecule has 7 nitrogen and oxygen atoms in total. The molecule has 2 rings (SSSR count). The van der Waals surface area contributed by atoms with Gasteiger partial charge in [0.2, 0.25) is 0 Å². The molecule has 0 aliphatic carbocycles. The van der Waals surface area contributed by atoms with Gasteiger partial charge in [-0.25, -0.2) is 0 Å². The third kappa shape index (κ3) is 4.14. The van der Waals surface area contributed by atoms with Crippen LogP contribution in [0.25, 0.3) is 6.08 Å². The third-order valence-corrected chi connectivity index (χ3v) is 3.49. The minimum absolute atomic E-state index is 0.161. The van der Waals surface area contributed by atoms with Crippen molar-refractivity contribution in [3.8, 4) is 17.2 Å². The zero-order valence-electron chi connectivity index (χ0n) is 14.0. The normalized spacial score (nSPS) is 10.5. The number of benzene rings is 2. The standard InChI is InChI=1S/C18H17NO6/c1-23-16-8-5-12(10-14(16)19(21)22)4-7-15(20)13-6-9-17(24-2)18(11-13)25-3/h4-11H,1-3H3. The van der Waals surface area contributed by atoms with Crippen molar-refractivity contribution < 1.29 is 23.9 Å². The summed E-state index contributed by atoms with van der Waals surface area (Å²) in [5.41, 5.74) is 0.765. The zero-order chi connectivity index (χ0) is 18.4. The number of hydrogen-bond acceptors (Lipinski definition) is 6. The minimum atomic E-state index is -0.535. The van der Waals surface area contributed by atoms with Crippen LogP contribution < -0.4 is 14.2 Å². The molecule has 0 N–H and O–H groups in total. The fourth-order valence-electron chi connectivity index (χ4n) is 2.21. The molecule has 0 bridgehead atoms. The van der Waals surface area contributed by atoms with E-state index in [1.165, 1.54) is 45.6 Å². The van der Waals surface area contributed by atoms with Crippen LogP contribution >= 0.6 is 0 Å². The third-order valence-electron chi connectivity index (χ3n) is 3.49. The largest absolute Gasteiger partial charge is 0.493 e. The lowest BCUT2D eigenvalue weighted by Crippen LogP contribution is -1.97. The number of hydrogen-bond donors (Lipinski definition) is 0. The number of nitro benzene ring substituents is 1. The average Bonchev–Trinajstić information content (AvgIpc) is 2.65. The van der Waals surface area contributed by atoms with Crippen LogP contribution in [0.3, 0.4) is 0 Å². The van der Waals surface area contributed by atoms with Crippen LogP contribution in [-0.4, -0.2) is 32.0 Å². The second kappa shape index (κ2) is 7.96. The highest BCUT2D eigenvalue weighted by atomic mass is 16.6. The molecule has 2 aromatic carbocycles. The second-order valence-electron chi connectivity index (χ2n) is 4.96. The van der Waals surface area contributed by atoms with Gasteiger partial charge in [0.15, 0.2) is 23.0 Å². The van der Waals surface area contributed by atoms with Crippen molar-refractivity contribution in [2.45, 2.75) is 0 Å². The molecule has 0 spiro atoms. The van der Waals surface area contributed by atoms with E-state index in [9.17, 15) is 14.9 Å². The van der Waals surface area contributed by atoms with E-state index in [1.54, 1.807) is 24.3 Å². The summed E-state index contributed by atoms with van der Waals surface area (Å²) >= 11 is 0. The van der Waals surface area contributed by atoms with Crippen molar-refractivity contribution in [3.63, 3.8) is 0 Å². The smallest absolute Gasteiger partial charge is 0.311 e. The van der Waals surface area contributed by atoms with E-state index >= 15 is 0 Å². The van der Waals surface area contributed by atoms with Gasteiger partial charge >= 0.3 is 5.69 Å². The summed E-state index contributed by atoms with van der Waals surface area (Å²) in [6.45, 7) is 0. The van der Waals surface area contributed by atoms with E-state index in [0.29, 0.717) is 22.6 Å². The van der Waals surface area contributed by atoms with Gasteiger partial charge in [0.05, 0.1) is 26.3 Å². The summed E-state index contributed by atoms with van der Waals surface area (Å²) in [4.78, 5) is 22.8. The number of rotatable bonds is 7. The molecule has 0 saturated carbocycles. The van der Waals surface area contributed by atoms with Crippen molar-refractivity contribution in [1.82, 2.24) is 0 Å². The number of nitro groups is 1. The number of nitrogens with zero attached hydrogens (tertiary/aromatic N) is 1. The Labute approximate surface area is 144 Å². The van der Waals surface area contributed by atoms with Crippen molar-refractivity contribution in [2.75, 3.05) is 21.3 Å². The quantitative estimate of drug-likeness (QED) is 0.331. The lowest BCUT2D eigenvalue weighted by molar-refractivity contribution is -0.385. The van der Waals surface area contributed by atoms with Crippen LogP contribution in [-0.2, 0) is 0 Å². The number of ketones is 1. The highest BCUT2D eigenvalue weighted by molar-refractivity contribution is 6.07. The molecular weight excluding hydrogens is 326 g/mol. The van der Waals surface area contributed by atoms with Gasteiger partial charge in [-0.2, -0.15) is 0 Å². The van der Waals surface area contributed by atoms with Gasteiger partial charge in [-0.15, -0.1) is 0 Å². The highest BCUT2D eigenvalue weighted by Gasteiger charge is 2.14. The first-order valence-electron chi connectivity index (χ1n) is 7.27. The maximum Gasteiger partial charge on any atom is 0.311 e. The molecule has 0 aliphatic heterocycles. The lowest BCUT2D eigenvalue weighted by Gasteiger charge is -2.08. The van der Waals surface area contributed by atoms with Crippen molar-refractivity contribution in [2.24, 2.45) is 0 Å². The number of carbonyl (C=O) groups is 1. The monoisotopic (exact) mass is 343 g/mol. The molecule has 2 aromatic rings. The highest BCUT2D eigenvalue weighted by Crippen LogP contribution is 2.29. The molecule has 0 radical (unpaired) electrons. The zero-order valence-corrected chi connectivity index (χ0v) is 14.0. The van der Waals surface area contributed by atoms with Gasteiger partial charge in [-0.1, -0.05) is 12.1 Å². The summed E-state index contributed by atoms with van der Waals surface area (Å²) < 4.78 is 15.2. The second-order valence-corrected chi connectivity index (χ2v) is 4.96. The van der Waals surface area contributed by atoms with Crippen LogP contribution in [0.5, 0.6) is 17.2 Å². The van der Waals surface area contributed by atoms with Gasteiger partial charge in [-0.05, 0) is 35.9 Å². The molecule has 130 valence electrons. The molecule has 0 saturated heterocycles. The first kappa shape index (κ1) is 18.0. The summed E-state index contributed by atoms with van der Waals surface area (Å²) in [5.74, 6) is 0.864. The fourth-order valence-corrected chi connectivity index (χ4v) is 2.21. The Kier molecular flexibility index (Phi) is 5.73. The van der Waals surface area contributed by atoms with Crippen molar-refractivity contribution in [3.05, 3.63) is 63.7 Å². The van der Waals surface area contributed by atoms with Crippen molar-refractivity contribution in [1.29, 1.82) is 0 Å². The number of methoxy groups -OCH3 is 3. The van der Waals surface area contributed by atoms with E-state index < -0.39 is 4.92 Å². The maximum absolute atomic E-state index is 12.3. The number of carbonyl (C=O) groups excluding carboxylic acids is 1. The molecular formula is C18H17NO6.